The van der Waals surface area contributed by atoms with Crippen molar-refractivity contribution >= 4 is 29.9 Å². The third-order valence-corrected chi connectivity index (χ3v) is 11.2. The van der Waals surface area contributed by atoms with Crippen molar-refractivity contribution in [1.82, 2.24) is 24.9 Å². The van der Waals surface area contributed by atoms with Crippen molar-refractivity contribution in [3.8, 4) is 0 Å². The van der Waals surface area contributed by atoms with E-state index in [1.165, 1.54) is 29.1 Å². The molecule has 3 aromatic rings. The maximum Gasteiger partial charge on any atom is 0.411 e. The van der Waals surface area contributed by atoms with E-state index in [4.69, 9.17) is 4.74 Å². The van der Waals surface area contributed by atoms with Crippen LogP contribution in [0.1, 0.15) is 74.2 Å². The van der Waals surface area contributed by atoms with Gasteiger partial charge >= 0.3 is 6.09 Å². The lowest BCUT2D eigenvalue weighted by molar-refractivity contribution is -0.164. The van der Waals surface area contributed by atoms with Gasteiger partial charge in [-0.3, -0.25) is 19.3 Å². The van der Waals surface area contributed by atoms with Crippen molar-refractivity contribution < 1.29 is 23.9 Å². The van der Waals surface area contributed by atoms with Gasteiger partial charge in [0.15, 0.2) is 0 Å². The third kappa shape index (κ3) is 7.62. The van der Waals surface area contributed by atoms with Crippen LogP contribution in [0.2, 0.25) is 0 Å². The van der Waals surface area contributed by atoms with Gasteiger partial charge in [0.2, 0.25) is 17.7 Å². The molecule has 3 aromatic carbocycles. The Morgan fingerprint density at radius 1 is 0.846 bits per heavy atom. The Morgan fingerprint density at radius 2 is 1.48 bits per heavy atom. The molecule has 0 bridgehead atoms. The summed E-state index contributed by atoms with van der Waals surface area (Å²) in [5, 5.41) is 3.11. The molecule has 1 N–H and O–H groups in total. The lowest BCUT2D eigenvalue weighted by atomic mass is 9.87. The minimum Gasteiger partial charge on any atom is -0.447 e. The van der Waals surface area contributed by atoms with E-state index in [1.54, 1.807) is 0 Å². The van der Waals surface area contributed by atoms with E-state index < -0.39 is 36.2 Å². The summed E-state index contributed by atoms with van der Waals surface area (Å²) in [6.45, 7) is 5.50. The fourth-order valence-corrected chi connectivity index (χ4v) is 8.31. The highest BCUT2D eigenvalue weighted by Gasteiger charge is 2.58. The third-order valence-electron chi connectivity index (χ3n) is 11.2. The van der Waals surface area contributed by atoms with Crippen LogP contribution in [0, 0.1) is 0 Å². The summed E-state index contributed by atoms with van der Waals surface area (Å²) >= 11 is 0. The lowest BCUT2D eigenvalue weighted by Crippen LogP contribution is -2.74. The molecule has 7 rings (SSSR count). The molecule has 4 aliphatic rings. The Bertz CT molecular complexity index is 1720. The number of hydrogen-bond donors (Lipinski definition) is 1. The fourth-order valence-electron chi connectivity index (χ4n) is 8.31. The number of nitrogens with one attached hydrogen (secondary N) is 1. The Hall–Kier alpha value is -4.96. The predicted molar refractivity (Wildman–Crippen MR) is 199 cm³/mol. The van der Waals surface area contributed by atoms with E-state index in [-0.39, 0.29) is 30.9 Å². The molecule has 10 nitrogen and oxygen atoms in total. The largest absolute Gasteiger partial charge is 0.447 e. The molecule has 0 aliphatic carbocycles. The summed E-state index contributed by atoms with van der Waals surface area (Å²) in [6, 6.07) is 25.9. The summed E-state index contributed by atoms with van der Waals surface area (Å²) < 4.78 is 5.54. The average Bonchev–Trinajstić information content (AvgIpc) is 3.57. The lowest BCUT2D eigenvalue weighted by Gasteiger charge is -2.52. The van der Waals surface area contributed by atoms with Crippen LogP contribution in [-0.2, 0) is 19.1 Å². The van der Waals surface area contributed by atoms with E-state index in [9.17, 15) is 19.2 Å². The number of rotatable bonds is 11. The van der Waals surface area contributed by atoms with Crippen LogP contribution in [0.25, 0.3) is 6.08 Å². The summed E-state index contributed by atoms with van der Waals surface area (Å²) in [7, 11) is 0. The Kier molecular flexibility index (Phi) is 11.0. The first-order chi connectivity index (χ1) is 25.4. The number of nitrogens with zero attached hydrogens (tertiary/aromatic N) is 4. The average molecular weight is 704 g/mol. The molecule has 52 heavy (non-hydrogen) atoms. The summed E-state index contributed by atoms with van der Waals surface area (Å²) in [5.41, 5.74) is 2.69. The Balaban J connectivity index is 1.17. The van der Waals surface area contributed by atoms with Crippen LogP contribution < -0.4 is 5.32 Å². The molecule has 10 heteroatoms. The van der Waals surface area contributed by atoms with Crippen LogP contribution in [0.4, 0.5) is 4.79 Å². The Labute approximate surface area is 306 Å². The van der Waals surface area contributed by atoms with Gasteiger partial charge in [-0.05, 0) is 62.4 Å². The van der Waals surface area contributed by atoms with Crippen molar-refractivity contribution in [1.29, 1.82) is 0 Å². The zero-order chi connectivity index (χ0) is 36.0. The van der Waals surface area contributed by atoms with Gasteiger partial charge < -0.3 is 24.8 Å². The normalized spacial score (nSPS) is 24.0. The maximum atomic E-state index is 14.5. The molecule has 4 saturated heterocycles. The van der Waals surface area contributed by atoms with Gasteiger partial charge in [-0.2, -0.15) is 0 Å². The molecule has 4 amide bonds. The topological polar surface area (TPSA) is 103 Å². The van der Waals surface area contributed by atoms with Gasteiger partial charge in [0.1, 0.15) is 18.7 Å². The molecule has 4 aliphatic heterocycles. The number of cyclic esters (lactones) is 1. The zero-order valence-electron chi connectivity index (χ0n) is 29.9. The number of benzene rings is 3. The number of likely N-dealkylation sites (tertiary alicyclic amines) is 3. The number of carbonyl (C=O) groups is 4. The smallest absolute Gasteiger partial charge is 0.411 e. The highest BCUT2D eigenvalue weighted by atomic mass is 16.6. The standard InChI is InChI=1S/C42H49N5O5/c1-30(32-16-8-3-9-17-32)43-40(49)36(28-38(48)45-26-22-34(23-27-45)44-24-12-5-13-25-44)46-35(21-20-31-14-6-2-7-15-31)39(41(46)50)47-37(29-52-42(47)51)33-18-10-4-11-19-33/h2-4,6-11,14-21,30,34-37,39H,5,12-13,22-29H2,1H3,(H,43,49)/t30-,35?,36?,37+,39?/m0/s1. The summed E-state index contributed by atoms with van der Waals surface area (Å²) in [4.78, 5) is 63.8. The maximum absolute atomic E-state index is 14.5. The monoisotopic (exact) mass is 703 g/mol. The molecule has 4 fully saturated rings. The molecule has 0 aromatic heterocycles. The first-order valence-electron chi connectivity index (χ1n) is 18.8. The van der Waals surface area contributed by atoms with Crippen molar-refractivity contribution in [2.75, 3.05) is 32.8 Å². The van der Waals surface area contributed by atoms with Gasteiger partial charge in [0.25, 0.3) is 0 Å². The minimum atomic E-state index is -1.08. The van der Waals surface area contributed by atoms with E-state index in [2.05, 4.69) is 10.2 Å². The molecule has 0 radical (unpaired) electrons. The number of ether oxygens (including phenoxy) is 1. The van der Waals surface area contributed by atoms with Gasteiger partial charge in [-0.15, -0.1) is 0 Å². The number of amides is 4. The van der Waals surface area contributed by atoms with Gasteiger partial charge in [0, 0.05) is 19.1 Å². The number of piperidine rings is 2. The first-order valence-corrected chi connectivity index (χ1v) is 18.8. The SMILES string of the molecule is C[C@H](NC(=O)C(CC(=O)N1CCC(N2CCCCC2)CC1)N1C(=O)C(N2C(=O)OC[C@@H]2c2ccccc2)C1C=Cc1ccccc1)c1ccccc1. The van der Waals surface area contributed by atoms with Gasteiger partial charge in [-0.25, -0.2) is 4.79 Å². The highest BCUT2D eigenvalue weighted by molar-refractivity contribution is 5.99. The van der Waals surface area contributed by atoms with E-state index >= 15 is 0 Å². The van der Waals surface area contributed by atoms with Crippen LogP contribution in [0.3, 0.4) is 0 Å². The first kappa shape index (κ1) is 35.4. The molecule has 0 saturated carbocycles. The van der Waals surface area contributed by atoms with Crippen LogP contribution in [0.15, 0.2) is 97.1 Å². The number of hydrogen-bond acceptors (Lipinski definition) is 6. The van der Waals surface area contributed by atoms with E-state index in [1.807, 2.05) is 115 Å². The Morgan fingerprint density at radius 3 is 2.15 bits per heavy atom. The second-order valence-corrected chi connectivity index (χ2v) is 14.4. The molecule has 3 unspecified atom stereocenters. The molecule has 0 spiro atoms. The summed E-state index contributed by atoms with van der Waals surface area (Å²) in [5.74, 6) is -0.928. The van der Waals surface area contributed by atoms with Crippen molar-refractivity contribution in [3.63, 3.8) is 0 Å². The fraction of sp³-hybridized carbons (Fsp3) is 0.429. The van der Waals surface area contributed by atoms with Gasteiger partial charge in [0.05, 0.1) is 24.5 Å². The van der Waals surface area contributed by atoms with Crippen LogP contribution in [-0.4, -0.2) is 100 Å². The van der Waals surface area contributed by atoms with Crippen molar-refractivity contribution in [3.05, 3.63) is 114 Å². The number of β-lactam (4-membered cyclic amide) rings is 1. The second kappa shape index (κ2) is 16.2. The van der Waals surface area contributed by atoms with Gasteiger partial charge in [-0.1, -0.05) is 110 Å². The highest BCUT2D eigenvalue weighted by Crippen LogP contribution is 2.39. The van der Waals surface area contributed by atoms with Crippen molar-refractivity contribution in [2.24, 2.45) is 0 Å². The predicted octanol–water partition coefficient (Wildman–Crippen LogP) is 5.59. The molecule has 5 atom stereocenters. The van der Waals surface area contributed by atoms with E-state index in [0.29, 0.717) is 19.1 Å². The molecular weight excluding hydrogens is 654 g/mol. The van der Waals surface area contributed by atoms with Crippen molar-refractivity contribution in [2.45, 2.75) is 81.7 Å². The summed E-state index contributed by atoms with van der Waals surface area (Å²) in [6.07, 6.45) is 8.60. The molecule has 4 heterocycles. The quantitative estimate of drug-likeness (QED) is 0.262. The van der Waals surface area contributed by atoms with Crippen LogP contribution >= 0.6 is 0 Å². The molecular formula is C42H49N5O5. The second-order valence-electron chi connectivity index (χ2n) is 14.4. The van der Waals surface area contributed by atoms with E-state index in [0.717, 1.165) is 42.6 Å². The minimum absolute atomic E-state index is 0.117. The zero-order valence-corrected chi connectivity index (χ0v) is 29.9. The number of carbonyl (C=O) groups excluding carboxylic acids is 4. The molecule has 272 valence electrons. The van der Waals surface area contributed by atoms with Crippen LogP contribution in [0.5, 0.6) is 0 Å².